The molecule has 0 spiro atoms. The molecule has 3 heterocycles. The third kappa shape index (κ3) is 5.55. The Labute approximate surface area is 205 Å². The second-order valence-electron chi connectivity index (χ2n) is 9.30. The summed E-state index contributed by atoms with van der Waals surface area (Å²) in [6, 6.07) is 8.13. The molecule has 10 nitrogen and oxygen atoms in total. The molecule has 11 heteroatoms. The van der Waals surface area contributed by atoms with Crippen LogP contribution in [0.3, 0.4) is 0 Å². The lowest BCUT2D eigenvalue weighted by atomic mass is 9.91. The molecule has 0 saturated heterocycles. The van der Waals surface area contributed by atoms with E-state index < -0.39 is 9.73 Å². The maximum Gasteiger partial charge on any atom is 0.259 e. The second kappa shape index (κ2) is 9.20. The van der Waals surface area contributed by atoms with E-state index in [0.29, 0.717) is 23.5 Å². The minimum Gasteiger partial charge on any atom is -0.324 e. The SMILES string of the molecule is CN1CCc2c(cc(Nc3ncc(C#N)c(Nc4ccnc(N=S(C)(C)=O)n4)n3)cc2C2CC2)C1. The highest BCUT2D eigenvalue weighted by Crippen LogP contribution is 2.44. The minimum atomic E-state index is -2.41. The van der Waals surface area contributed by atoms with Gasteiger partial charge in [0.1, 0.15) is 17.5 Å². The highest BCUT2D eigenvalue weighted by molar-refractivity contribution is 7.92. The van der Waals surface area contributed by atoms with Crippen LogP contribution in [0.25, 0.3) is 0 Å². The van der Waals surface area contributed by atoms with Crippen LogP contribution in [0, 0.1) is 11.3 Å². The van der Waals surface area contributed by atoms with Gasteiger partial charge in [0.25, 0.3) is 5.95 Å². The summed E-state index contributed by atoms with van der Waals surface area (Å²) in [5, 5.41) is 15.9. The lowest BCUT2D eigenvalue weighted by Crippen LogP contribution is -2.27. The van der Waals surface area contributed by atoms with Gasteiger partial charge in [0.05, 0.1) is 6.20 Å². The Balaban J connectivity index is 1.44. The maximum absolute atomic E-state index is 12.0. The molecule has 0 amide bonds. The first-order valence-electron chi connectivity index (χ1n) is 11.4. The fraction of sp³-hybridized carbons (Fsp3) is 0.375. The van der Waals surface area contributed by atoms with Crippen LogP contribution in [-0.2, 0) is 22.7 Å². The molecule has 2 aromatic heterocycles. The number of anilines is 4. The van der Waals surface area contributed by atoms with Gasteiger partial charge in [-0.05, 0) is 67.1 Å². The normalized spacial score (nSPS) is 15.7. The zero-order valence-electron chi connectivity index (χ0n) is 19.9. The van der Waals surface area contributed by atoms with Crippen molar-refractivity contribution in [3.05, 3.63) is 52.8 Å². The average molecular weight is 490 g/mol. The van der Waals surface area contributed by atoms with Crippen molar-refractivity contribution in [1.82, 2.24) is 24.8 Å². The topological polar surface area (TPSA) is 132 Å². The number of nitrogens with zero attached hydrogens (tertiary/aromatic N) is 7. The van der Waals surface area contributed by atoms with Crippen molar-refractivity contribution in [2.45, 2.75) is 31.7 Å². The van der Waals surface area contributed by atoms with Crippen LogP contribution in [0.1, 0.15) is 41.0 Å². The molecule has 0 atom stereocenters. The van der Waals surface area contributed by atoms with Gasteiger partial charge >= 0.3 is 0 Å². The van der Waals surface area contributed by atoms with Gasteiger partial charge in [-0.3, -0.25) is 0 Å². The zero-order valence-corrected chi connectivity index (χ0v) is 20.8. The quantitative estimate of drug-likeness (QED) is 0.530. The number of nitriles is 1. The number of fused-ring (bicyclic) bond motifs is 1. The van der Waals surface area contributed by atoms with Gasteiger partial charge in [-0.2, -0.15) is 19.6 Å². The number of hydrogen-bond acceptors (Lipinski definition) is 10. The summed E-state index contributed by atoms with van der Waals surface area (Å²) >= 11 is 0. The fourth-order valence-corrected chi connectivity index (χ4v) is 4.72. The van der Waals surface area contributed by atoms with E-state index >= 15 is 0 Å². The van der Waals surface area contributed by atoms with Gasteiger partial charge in [0.2, 0.25) is 5.95 Å². The van der Waals surface area contributed by atoms with Crippen molar-refractivity contribution in [3.63, 3.8) is 0 Å². The van der Waals surface area contributed by atoms with Gasteiger partial charge in [-0.25, -0.2) is 14.2 Å². The molecule has 1 aromatic carbocycles. The van der Waals surface area contributed by atoms with E-state index in [1.807, 2.05) is 0 Å². The Hall–Kier alpha value is -3.62. The molecule has 5 rings (SSSR count). The molecule has 0 bridgehead atoms. The van der Waals surface area contributed by atoms with E-state index in [1.54, 1.807) is 6.07 Å². The Bertz CT molecular complexity index is 1440. The van der Waals surface area contributed by atoms with Crippen molar-refractivity contribution in [3.8, 4) is 6.07 Å². The van der Waals surface area contributed by atoms with Gasteiger partial charge in [0, 0.05) is 47.2 Å². The summed E-state index contributed by atoms with van der Waals surface area (Å²) in [5.41, 5.74) is 5.49. The number of hydrogen-bond donors (Lipinski definition) is 2. The van der Waals surface area contributed by atoms with Crippen molar-refractivity contribution >= 4 is 38.9 Å². The fourth-order valence-electron chi connectivity index (χ4n) is 4.23. The van der Waals surface area contributed by atoms with Crippen molar-refractivity contribution in [2.75, 3.05) is 36.7 Å². The van der Waals surface area contributed by atoms with Crippen LogP contribution in [-0.4, -0.2) is 55.1 Å². The molecule has 1 aliphatic carbocycles. The molecule has 0 unspecified atom stereocenters. The van der Waals surface area contributed by atoms with E-state index in [1.165, 1.54) is 54.4 Å². The number of likely N-dealkylation sites (N-methyl/N-ethyl adjacent to an activating group) is 1. The van der Waals surface area contributed by atoms with Crippen molar-refractivity contribution in [2.24, 2.45) is 4.36 Å². The summed E-state index contributed by atoms with van der Waals surface area (Å²) in [6.07, 6.45) is 9.58. The molecule has 2 aliphatic rings. The summed E-state index contributed by atoms with van der Waals surface area (Å²) in [6.45, 7) is 2.01. The van der Waals surface area contributed by atoms with Gasteiger partial charge < -0.3 is 15.5 Å². The molecule has 1 saturated carbocycles. The maximum atomic E-state index is 12.0. The van der Waals surface area contributed by atoms with Crippen LogP contribution in [0.15, 0.2) is 35.0 Å². The van der Waals surface area contributed by atoms with E-state index in [2.05, 4.69) is 65.1 Å². The van der Waals surface area contributed by atoms with Crippen LogP contribution >= 0.6 is 0 Å². The smallest absolute Gasteiger partial charge is 0.259 e. The van der Waals surface area contributed by atoms with E-state index in [9.17, 15) is 9.47 Å². The van der Waals surface area contributed by atoms with Crippen molar-refractivity contribution in [1.29, 1.82) is 5.26 Å². The number of aromatic nitrogens is 4. The predicted octanol–water partition coefficient (Wildman–Crippen LogP) is 3.85. The molecule has 1 fully saturated rings. The Kier molecular flexibility index (Phi) is 6.08. The Morgan fingerprint density at radius 1 is 1.20 bits per heavy atom. The first kappa shape index (κ1) is 23.1. The zero-order chi connectivity index (χ0) is 24.6. The van der Waals surface area contributed by atoms with Crippen molar-refractivity contribution < 1.29 is 4.21 Å². The number of rotatable bonds is 6. The third-order valence-corrected chi connectivity index (χ3v) is 6.54. The average Bonchev–Trinajstić information content (AvgIpc) is 3.63. The number of nitrogens with one attached hydrogen (secondary N) is 2. The van der Waals surface area contributed by atoms with Gasteiger partial charge in [0.15, 0.2) is 5.82 Å². The van der Waals surface area contributed by atoms with E-state index in [0.717, 1.165) is 25.2 Å². The minimum absolute atomic E-state index is 0.0996. The summed E-state index contributed by atoms with van der Waals surface area (Å²) < 4.78 is 16.0. The Morgan fingerprint density at radius 3 is 2.77 bits per heavy atom. The van der Waals surface area contributed by atoms with Crippen LogP contribution < -0.4 is 10.6 Å². The highest BCUT2D eigenvalue weighted by atomic mass is 32.2. The largest absolute Gasteiger partial charge is 0.324 e. The first-order chi connectivity index (χ1) is 16.8. The summed E-state index contributed by atoms with van der Waals surface area (Å²) in [4.78, 5) is 19.5. The molecule has 3 aromatic rings. The molecular formula is C24H27N9OS. The van der Waals surface area contributed by atoms with E-state index in [4.69, 9.17) is 0 Å². The molecular weight excluding hydrogens is 462 g/mol. The van der Waals surface area contributed by atoms with E-state index in [-0.39, 0.29) is 11.5 Å². The second-order valence-corrected chi connectivity index (χ2v) is 11.8. The standard InChI is InChI=1S/C24H27N9OS/c1-33-9-7-19-16(14-33)10-18(11-20(19)15-4-5-15)28-23-27-13-17(12-25)22(31-23)29-21-6-8-26-24(30-21)32-35(2,3)34/h6,8,10-11,13,15H,4-5,7,9,14H2,1-3H3,(H2,26,27,28,29,30,31). The van der Waals surface area contributed by atoms with Gasteiger partial charge in [-0.15, -0.1) is 0 Å². The van der Waals surface area contributed by atoms with Crippen LogP contribution in [0.4, 0.5) is 29.2 Å². The molecule has 1 aliphatic heterocycles. The molecule has 2 N–H and O–H groups in total. The predicted molar refractivity (Wildman–Crippen MR) is 136 cm³/mol. The lowest BCUT2D eigenvalue weighted by Gasteiger charge is -2.28. The van der Waals surface area contributed by atoms with Gasteiger partial charge in [-0.1, -0.05) is 0 Å². The highest BCUT2D eigenvalue weighted by Gasteiger charge is 2.29. The lowest BCUT2D eigenvalue weighted by molar-refractivity contribution is 0.312. The Morgan fingerprint density at radius 2 is 2.03 bits per heavy atom. The summed E-state index contributed by atoms with van der Waals surface area (Å²) in [5.74, 6) is 1.82. The van der Waals surface area contributed by atoms with Crippen LogP contribution in [0.2, 0.25) is 0 Å². The molecule has 180 valence electrons. The molecule has 0 radical (unpaired) electrons. The van der Waals surface area contributed by atoms with Crippen LogP contribution in [0.5, 0.6) is 0 Å². The molecule has 35 heavy (non-hydrogen) atoms. The monoisotopic (exact) mass is 489 g/mol. The number of benzene rings is 1. The summed E-state index contributed by atoms with van der Waals surface area (Å²) in [7, 11) is -0.260. The third-order valence-electron chi connectivity index (χ3n) is 5.93. The first-order valence-corrected chi connectivity index (χ1v) is 13.8.